The van der Waals surface area contributed by atoms with E-state index in [0.717, 1.165) is 12.8 Å². The monoisotopic (exact) mass is 361 g/mol. The van der Waals surface area contributed by atoms with Gasteiger partial charge in [-0.25, -0.2) is 4.98 Å². The largest absolute Gasteiger partial charge is 0.506 e. The molecule has 5 N–H and O–H groups in total. The third-order valence-corrected chi connectivity index (χ3v) is 4.53. The van der Waals surface area contributed by atoms with Crippen molar-refractivity contribution in [3.63, 3.8) is 0 Å². The molecule has 1 heterocycles. The smallest absolute Gasteiger partial charge is 0.270 e. The fourth-order valence-corrected chi connectivity index (χ4v) is 3.28. The van der Waals surface area contributed by atoms with Crippen LogP contribution in [0.25, 0.3) is 0 Å². The molecule has 7 nitrogen and oxygen atoms in total. The lowest BCUT2D eigenvalue weighted by Crippen LogP contribution is -2.36. The highest BCUT2D eigenvalue weighted by molar-refractivity contribution is 5.93. The topological polar surface area (TPSA) is 113 Å². The fraction of sp³-hybridized carbons (Fsp3) is 0.150. The van der Waals surface area contributed by atoms with E-state index in [4.69, 9.17) is 5.73 Å². The van der Waals surface area contributed by atoms with E-state index >= 15 is 0 Å². The van der Waals surface area contributed by atoms with Crippen LogP contribution in [-0.4, -0.2) is 27.0 Å². The zero-order valence-electron chi connectivity index (χ0n) is 14.5. The average molecular weight is 361 g/mol. The Bertz CT molecular complexity index is 980. The third kappa shape index (κ3) is 3.67. The molecule has 1 amide bonds. The van der Waals surface area contributed by atoms with Gasteiger partial charge in [0.15, 0.2) is 0 Å². The first-order valence-corrected chi connectivity index (χ1v) is 8.66. The molecule has 0 fully saturated rings. The summed E-state index contributed by atoms with van der Waals surface area (Å²) in [5.74, 6) is 0.0887. The van der Waals surface area contributed by atoms with Crippen LogP contribution in [-0.2, 0) is 12.8 Å². The van der Waals surface area contributed by atoms with Gasteiger partial charge in [-0.05, 0) is 36.1 Å². The summed E-state index contributed by atoms with van der Waals surface area (Å²) in [6, 6.07) is 16.5. The van der Waals surface area contributed by atoms with Gasteiger partial charge in [0.2, 0.25) is 5.95 Å². The first kappa shape index (κ1) is 16.8. The van der Waals surface area contributed by atoms with Gasteiger partial charge >= 0.3 is 0 Å². The van der Waals surface area contributed by atoms with Crippen molar-refractivity contribution in [1.82, 2.24) is 15.3 Å². The van der Waals surface area contributed by atoms with Crippen LogP contribution in [0, 0.1) is 0 Å². The minimum atomic E-state index is -0.303. The van der Waals surface area contributed by atoms with E-state index in [1.807, 2.05) is 12.1 Å². The number of rotatable bonds is 4. The number of amides is 1. The molecule has 27 heavy (non-hydrogen) atoms. The second-order valence-electron chi connectivity index (χ2n) is 6.49. The summed E-state index contributed by atoms with van der Waals surface area (Å²) in [6.07, 6.45) is 1.59. The summed E-state index contributed by atoms with van der Waals surface area (Å²) >= 11 is 0. The van der Waals surface area contributed by atoms with Gasteiger partial charge in [-0.3, -0.25) is 4.79 Å². The molecule has 0 aliphatic heterocycles. The van der Waals surface area contributed by atoms with Crippen molar-refractivity contribution in [1.29, 1.82) is 0 Å². The van der Waals surface area contributed by atoms with Crippen LogP contribution in [0.1, 0.15) is 21.6 Å². The van der Waals surface area contributed by atoms with Crippen molar-refractivity contribution in [2.24, 2.45) is 0 Å². The molecule has 2 aromatic carbocycles. The first-order valence-electron chi connectivity index (χ1n) is 8.66. The molecular formula is C20H19N5O2. The van der Waals surface area contributed by atoms with E-state index in [9.17, 15) is 9.90 Å². The minimum absolute atomic E-state index is 0.0183. The summed E-state index contributed by atoms with van der Waals surface area (Å²) in [4.78, 5) is 20.8. The highest BCUT2D eigenvalue weighted by atomic mass is 16.3. The van der Waals surface area contributed by atoms with Gasteiger partial charge in [0.05, 0.1) is 5.69 Å². The molecule has 3 aromatic rings. The van der Waals surface area contributed by atoms with Crippen molar-refractivity contribution >= 4 is 23.4 Å². The number of carbonyl (C=O) groups is 1. The number of hydrogen-bond acceptors (Lipinski definition) is 6. The molecule has 1 aliphatic carbocycles. The molecular weight excluding hydrogens is 342 g/mol. The Balaban J connectivity index is 1.50. The van der Waals surface area contributed by atoms with E-state index in [1.165, 1.54) is 17.2 Å². The summed E-state index contributed by atoms with van der Waals surface area (Å²) < 4.78 is 0. The van der Waals surface area contributed by atoms with E-state index in [2.05, 4.69) is 32.7 Å². The lowest BCUT2D eigenvalue weighted by molar-refractivity contribution is 0.0933. The molecule has 0 radical (unpaired) electrons. The van der Waals surface area contributed by atoms with Gasteiger partial charge < -0.3 is 21.5 Å². The number of carbonyl (C=O) groups excluding carboxylic acids is 1. The van der Waals surface area contributed by atoms with E-state index in [1.54, 1.807) is 24.3 Å². The molecule has 7 heteroatoms. The lowest BCUT2D eigenvalue weighted by atomic mass is 10.1. The quantitative estimate of drug-likeness (QED) is 0.531. The molecule has 136 valence electrons. The van der Waals surface area contributed by atoms with Crippen LogP contribution in [0.15, 0.2) is 54.6 Å². The second kappa shape index (κ2) is 6.95. The summed E-state index contributed by atoms with van der Waals surface area (Å²) in [5, 5.41) is 15.8. The van der Waals surface area contributed by atoms with E-state index in [0.29, 0.717) is 11.5 Å². The normalized spacial score (nSPS) is 13.2. The van der Waals surface area contributed by atoms with Crippen LogP contribution in [0.2, 0.25) is 0 Å². The predicted molar refractivity (Wildman–Crippen MR) is 103 cm³/mol. The molecule has 1 aliphatic rings. The molecule has 0 unspecified atom stereocenters. The zero-order chi connectivity index (χ0) is 18.8. The molecule has 0 saturated carbocycles. The van der Waals surface area contributed by atoms with Gasteiger partial charge in [-0.1, -0.05) is 36.4 Å². The molecule has 4 rings (SSSR count). The maximum absolute atomic E-state index is 12.6. The predicted octanol–water partition coefficient (Wildman–Crippen LogP) is 2.41. The van der Waals surface area contributed by atoms with Gasteiger partial charge in [-0.15, -0.1) is 0 Å². The number of para-hydroxylation sites is 2. The maximum Gasteiger partial charge on any atom is 0.270 e. The van der Waals surface area contributed by atoms with Crippen molar-refractivity contribution in [3.8, 4) is 5.75 Å². The first-order chi connectivity index (χ1) is 13.1. The van der Waals surface area contributed by atoms with E-state index < -0.39 is 0 Å². The van der Waals surface area contributed by atoms with Crippen molar-refractivity contribution in [2.45, 2.75) is 18.9 Å². The Morgan fingerprint density at radius 3 is 2.41 bits per heavy atom. The SMILES string of the molecule is Nc1nc(Nc2ccccc2O)cc(C(=O)NC2Cc3ccccc3C2)n1. The Kier molecular flexibility index (Phi) is 4.33. The zero-order valence-corrected chi connectivity index (χ0v) is 14.5. The Morgan fingerprint density at radius 1 is 1.04 bits per heavy atom. The molecule has 0 saturated heterocycles. The molecule has 0 bridgehead atoms. The molecule has 1 aromatic heterocycles. The van der Waals surface area contributed by atoms with Crippen LogP contribution < -0.4 is 16.4 Å². The number of fused-ring (bicyclic) bond motifs is 1. The lowest BCUT2D eigenvalue weighted by Gasteiger charge is -2.13. The number of phenols is 1. The van der Waals surface area contributed by atoms with E-state index in [-0.39, 0.29) is 29.3 Å². The number of anilines is 3. The maximum atomic E-state index is 12.6. The Morgan fingerprint density at radius 2 is 1.70 bits per heavy atom. The average Bonchev–Trinajstić information content (AvgIpc) is 3.05. The number of aromatic hydroxyl groups is 1. The number of nitrogens with zero attached hydrogens (tertiary/aromatic N) is 2. The number of nitrogen functional groups attached to an aromatic ring is 1. The van der Waals surface area contributed by atoms with Gasteiger partial charge in [0.25, 0.3) is 5.91 Å². The number of hydrogen-bond donors (Lipinski definition) is 4. The highest BCUT2D eigenvalue weighted by Gasteiger charge is 2.23. The second-order valence-corrected chi connectivity index (χ2v) is 6.49. The number of phenolic OH excluding ortho intramolecular Hbond substituents is 1. The summed E-state index contributed by atoms with van der Waals surface area (Å²) in [7, 11) is 0. The van der Waals surface area contributed by atoms with Crippen molar-refractivity contribution in [2.75, 3.05) is 11.1 Å². The van der Waals surface area contributed by atoms with Crippen LogP contribution in [0.4, 0.5) is 17.5 Å². The standard InChI is InChI=1S/C20H19N5O2/c21-20-24-16(11-18(25-20)23-15-7-3-4-8-17(15)26)19(27)22-14-9-12-5-1-2-6-13(12)10-14/h1-8,11,14,26H,9-10H2,(H,22,27)(H3,21,23,24,25). The van der Waals surface area contributed by atoms with Gasteiger partial charge in [0.1, 0.15) is 17.3 Å². The summed E-state index contributed by atoms with van der Waals surface area (Å²) in [6.45, 7) is 0. The number of nitrogens with two attached hydrogens (primary N) is 1. The number of aromatic nitrogens is 2. The van der Waals surface area contributed by atoms with Crippen LogP contribution >= 0.6 is 0 Å². The minimum Gasteiger partial charge on any atom is -0.506 e. The molecule has 0 spiro atoms. The van der Waals surface area contributed by atoms with Crippen molar-refractivity contribution < 1.29 is 9.90 Å². The highest BCUT2D eigenvalue weighted by Crippen LogP contribution is 2.26. The fourth-order valence-electron chi connectivity index (χ4n) is 3.28. The number of benzene rings is 2. The van der Waals surface area contributed by atoms with Gasteiger partial charge in [-0.2, -0.15) is 4.98 Å². The number of nitrogens with one attached hydrogen (secondary N) is 2. The van der Waals surface area contributed by atoms with Crippen LogP contribution in [0.3, 0.4) is 0 Å². The molecule has 0 atom stereocenters. The Labute approximate surface area is 156 Å². The van der Waals surface area contributed by atoms with Crippen molar-refractivity contribution in [3.05, 3.63) is 71.4 Å². The van der Waals surface area contributed by atoms with Gasteiger partial charge in [0, 0.05) is 12.1 Å². The third-order valence-electron chi connectivity index (χ3n) is 4.53. The van der Waals surface area contributed by atoms with Crippen LogP contribution in [0.5, 0.6) is 5.75 Å². The Hall–Kier alpha value is -3.61. The summed E-state index contributed by atoms with van der Waals surface area (Å²) in [5.41, 5.74) is 8.92.